The summed E-state index contributed by atoms with van der Waals surface area (Å²) in [5.74, 6) is 0.924. The van der Waals surface area contributed by atoms with Crippen molar-refractivity contribution in [3.8, 4) is 11.3 Å². The van der Waals surface area contributed by atoms with Crippen LogP contribution in [0, 0.1) is 12.8 Å². The van der Waals surface area contributed by atoms with Gasteiger partial charge in [-0.2, -0.15) is 4.98 Å². The highest BCUT2D eigenvalue weighted by Gasteiger charge is 2.28. The van der Waals surface area contributed by atoms with E-state index in [0.717, 1.165) is 65.4 Å². The van der Waals surface area contributed by atoms with E-state index >= 15 is 0 Å². The SMILES string of the molecule is Cc1ccc(-c2noc3ncnc(N4CCC(C(=O)NCCc5ccc(Cl)cc5)CC4)c23)cc1. The second kappa shape index (κ2) is 9.81. The number of carbonyl (C=O) groups excluding carboxylic acids is 1. The number of rotatable bonds is 6. The van der Waals surface area contributed by atoms with Gasteiger partial charge in [0.25, 0.3) is 5.71 Å². The van der Waals surface area contributed by atoms with Gasteiger partial charge in [-0.3, -0.25) is 4.79 Å². The Labute approximate surface area is 203 Å². The molecule has 174 valence electrons. The number of amides is 1. The summed E-state index contributed by atoms with van der Waals surface area (Å²) in [4.78, 5) is 23.8. The van der Waals surface area contributed by atoms with Gasteiger partial charge in [-0.05, 0) is 43.9 Å². The molecular formula is C26H26ClN5O2. The minimum atomic E-state index is -0.00200. The molecule has 1 fully saturated rings. The molecule has 34 heavy (non-hydrogen) atoms. The van der Waals surface area contributed by atoms with Gasteiger partial charge in [-0.25, -0.2) is 4.98 Å². The van der Waals surface area contributed by atoms with Gasteiger partial charge in [0.05, 0.1) is 0 Å². The molecule has 1 aliphatic rings. The molecule has 3 heterocycles. The third kappa shape index (κ3) is 4.75. The Morgan fingerprint density at radius 2 is 1.82 bits per heavy atom. The molecule has 4 aromatic rings. The Bertz CT molecular complexity index is 1280. The fraction of sp³-hybridized carbons (Fsp3) is 0.308. The average molecular weight is 476 g/mol. The molecule has 1 N–H and O–H groups in total. The standard InChI is InChI=1S/C26H26ClN5O2/c1-17-2-6-19(7-3-17)23-22-24(29-16-30-26(22)34-31-23)32-14-11-20(12-15-32)25(33)28-13-10-18-4-8-21(27)9-5-18/h2-9,16,20H,10-15H2,1H3,(H,28,33). The number of nitrogens with zero attached hydrogens (tertiary/aromatic N) is 4. The van der Waals surface area contributed by atoms with Crippen molar-refractivity contribution in [2.45, 2.75) is 26.2 Å². The zero-order valence-electron chi connectivity index (χ0n) is 19.0. The number of aromatic nitrogens is 3. The molecule has 0 aliphatic carbocycles. The Kier molecular flexibility index (Phi) is 6.45. The normalized spacial score (nSPS) is 14.5. The first-order valence-electron chi connectivity index (χ1n) is 11.5. The van der Waals surface area contributed by atoms with Crippen molar-refractivity contribution < 1.29 is 9.32 Å². The Hall–Kier alpha value is -3.45. The van der Waals surface area contributed by atoms with E-state index in [1.165, 1.54) is 11.9 Å². The topological polar surface area (TPSA) is 84.2 Å². The van der Waals surface area contributed by atoms with Gasteiger partial charge < -0.3 is 14.7 Å². The van der Waals surface area contributed by atoms with Crippen molar-refractivity contribution in [1.29, 1.82) is 0 Å². The summed E-state index contributed by atoms with van der Waals surface area (Å²) >= 11 is 5.93. The van der Waals surface area contributed by atoms with Crippen LogP contribution in [0.25, 0.3) is 22.4 Å². The predicted octanol–water partition coefficient (Wildman–Crippen LogP) is 4.82. The molecular weight excluding hydrogens is 450 g/mol. The van der Waals surface area contributed by atoms with Crippen LogP contribution in [-0.4, -0.2) is 40.7 Å². The van der Waals surface area contributed by atoms with Crippen molar-refractivity contribution in [3.63, 3.8) is 0 Å². The highest BCUT2D eigenvalue weighted by atomic mass is 35.5. The van der Waals surface area contributed by atoms with Gasteiger partial charge in [-0.15, -0.1) is 0 Å². The monoisotopic (exact) mass is 475 g/mol. The molecule has 0 spiro atoms. The molecule has 1 aliphatic heterocycles. The van der Waals surface area contributed by atoms with Crippen molar-refractivity contribution in [3.05, 3.63) is 71.0 Å². The first-order valence-corrected chi connectivity index (χ1v) is 11.9. The fourth-order valence-electron chi connectivity index (χ4n) is 4.40. The quantitative estimate of drug-likeness (QED) is 0.430. The maximum Gasteiger partial charge on any atom is 0.263 e. The molecule has 5 rings (SSSR count). The lowest BCUT2D eigenvalue weighted by Crippen LogP contribution is -2.41. The maximum absolute atomic E-state index is 12.7. The minimum Gasteiger partial charge on any atom is -0.356 e. The number of hydrogen-bond donors (Lipinski definition) is 1. The van der Waals surface area contributed by atoms with E-state index in [4.69, 9.17) is 16.1 Å². The zero-order chi connectivity index (χ0) is 23.5. The number of nitrogens with one attached hydrogen (secondary N) is 1. The summed E-state index contributed by atoms with van der Waals surface area (Å²) < 4.78 is 5.51. The molecule has 0 radical (unpaired) electrons. The molecule has 2 aromatic carbocycles. The summed E-state index contributed by atoms with van der Waals surface area (Å²) in [6.07, 6.45) is 3.83. The molecule has 0 saturated carbocycles. The Balaban J connectivity index is 1.23. The largest absolute Gasteiger partial charge is 0.356 e. The highest BCUT2D eigenvalue weighted by molar-refractivity contribution is 6.30. The first kappa shape index (κ1) is 22.3. The molecule has 0 bridgehead atoms. The number of fused-ring (bicyclic) bond motifs is 1. The molecule has 0 unspecified atom stereocenters. The number of halogens is 1. The van der Waals surface area contributed by atoms with Gasteiger partial charge in [0.15, 0.2) is 0 Å². The van der Waals surface area contributed by atoms with Gasteiger partial charge >= 0.3 is 0 Å². The summed E-state index contributed by atoms with van der Waals surface area (Å²) in [7, 11) is 0. The lowest BCUT2D eigenvalue weighted by Gasteiger charge is -2.32. The van der Waals surface area contributed by atoms with Crippen LogP contribution in [0.1, 0.15) is 24.0 Å². The van der Waals surface area contributed by atoms with Crippen LogP contribution in [0.3, 0.4) is 0 Å². The lowest BCUT2D eigenvalue weighted by atomic mass is 9.95. The second-order valence-electron chi connectivity index (χ2n) is 8.70. The van der Waals surface area contributed by atoms with Crippen LogP contribution >= 0.6 is 11.6 Å². The number of piperidine rings is 1. The third-order valence-corrected chi connectivity index (χ3v) is 6.62. The fourth-order valence-corrected chi connectivity index (χ4v) is 4.52. The molecule has 1 saturated heterocycles. The van der Waals surface area contributed by atoms with Crippen molar-refractivity contribution in [2.75, 3.05) is 24.5 Å². The zero-order valence-corrected chi connectivity index (χ0v) is 19.8. The van der Waals surface area contributed by atoms with E-state index < -0.39 is 0 Å². The lowest BCUT2D eigenvalue weighted by molar-refractivity contribution is -0.125. The van der Waals surface area contributed by atoms with E-state index in [0.29, 0.717) is 12.3 Å². The third-order valence-electron chi connectivity index (χ3n) is 6.37. The maximum atomic E-state index is 12.7. The summed E-state index contributed by atoms with van der Waals surface area (Å²) in [6, 6.07) is 15.9. The van der Waals surface area contributed by atoms with Crippen LogP contribution in [0.15, 0.2) is 59.4 Å². The average Bonchev–Trinajstić information content (AvgIpc) is 3.30. The van der Waals surface area contributed by atoms with Crippen LogP contribution in [0.4, 0.5) is 5.82 Å². The van der Waals surface area contributed by atoms with E-state index in [1.807, 2.05) is 36.4 Å². The van der Waals surface area contributed by atoms with E-state index in [1.54, 1.807) is 0 Å². The molecule has 7 nitrogen and oxygen atoms in total. The van der Waals surface area contributed by atoms with Gasteiger partial charge in [0, 0.05) is 36.1 Å². The van der Waals surface area contributed by atoms with Crippen LogP contribution < -0.4 is 10.2 Å². The minimum absolute atomic E-state index is 0.00200. The van der Waals surface area contributed by atoms with Gasteiger partial charge in [0.1, 0.15) is 23.2 Å². The second-order valence-corrected chi connectivity index (χ2v) is 9.14. The van der Waals surface area contributed by atoms with Crippen LogP contribution in [0.5, 0.6) is 0 Å². The van der Waals surface area contributed by atoms with E-state index in [2.05, 4.69) is 44.4 Å². The summed E-state index contributed by atoms with van der Waals surface area (Å²) in [5.41, 5.74) is 4.53. The first-order chi connectivity index (χ1) is 16.6. The summed E-state index contributed by atoms with van der Waals surface area (Å²) in [5, 5.41) is 8.91. The molecule has 1 amide bonds. The van der Waals surface area contributed by atoms with Crippen LogP contribution in [0.2, 0.25) is 5.02 Å². The Morgan fingerprint density at radius 3 is 2.56 bits per heavy atom. The van der Waals surface area contributed by atoms with E-state index in [9.17, 15) is 4.79 Å². The highest BCUT2D eigenvalue weighted by Crippen LogP contribution is 2.34. The Morgan fingerprint density at radius 1 is 1.09 bits per heavy atom. The van der Waals surface area contributed by atoms with Gasteiger partial charge in [-0.1, -0.05) is 58.7 Å². The molecule has 2 aromatic heterocycles. The number of anilines is 1. The molecule has 0 atom stereocenters. The van der Waals surface area contributed by atoms with Crippen molar-refractivity contribution >= 4 is 34.4 Å². The van der Waals surface area contributed by atoms with E-state index in [-0.39, 0.29) is 11.8 Å². The summed E-state index contributed by atoms with van der Waals surface area (Å²) in [6.45, 7) is 4.14. The van der Waals surface area contributed by atoms with Crippen molar-refractivity contribution in [1.82, 2.24) is 20.4 Å². The number of carbonyl (C=O) groups is 1. The number of hydrogen-bond acceptors (Lipinski definition) is 6. The predicted molar refractivity (Wildman–Crippen MR) is 133 cm³/mol. The molecule has 8 heteroatoms. The van der Waals surface area contributed by atoms with Crippen LogP contribution in [-0.2, 0) is 11.2 Å². The number of aryl methyl sites for hydroxylation is 1. The van der Waals surface area contributed by atoms with Crippen molar-refractivity contribution in [2.24, 2.45) is 5.92 Å². The number of benzene rings is 2. The van der Waals surface area contributed by atoms with Gasteiger partial charge in [0.2, 0.25) is 5.91 Å². The smallest absolute Gasteiger partial charge is 0.263 e.